The predicted molar refractivity (Wildman–Crippen MR) is 110 cm³/mol. The van der Waals surface area contributed by atoms with E-state index in [4.69, 9.17) is 4.74 Å². The van der Waals surface area contributed by atoms with E-state index in [0.717, 1.165) is 18.6 Å². The number of hydrogen-bond donors (Lipinski definition) is 2. The average molecular weight is 396 g/mol. The zero-order valence-corrected chi connectivity index (χ0v) is 16.7. The molecule has 4 atom stereocenters. The number of carbonyl (C=O) groups excluding carboxylic acids is 2. The zero-order chi connectivity index (χ0) is 20.2. The Morgan fingerprint density at radius 3 is 2.38 bits per heavy atom. The molecule has 4 rings (SSSR count). The Kier molecular flexibility index (Phi) is 5.83. The van der Waals surface area contributed by atoms with Crippen LogP contribution in [-0.2, 0) is 9.59 Å². The molecule has 1 heterocycles. The van der Waals surface area contributed by atoms with Crippen molar-refractivity contribution in [2.75, 3.05) is 33.3 Å². The molecular weight excluding hydrogens is 368 g/mol. The van der Waals surface area contributed by atoms with E-state index in [1.807, 2.05) is 30.3 Å². The summed E-state index contributed by atoms with van der Waals surface area (Å²) in [6.45, 7) is 2.19. The number of carbonyl (C=O) groups is 2. The summed E-state index contributed by atoms with van der Waals surface area (Å²) in [5, 5.41) is 6.41. The number of aliphatic imine (C=N–C) groups is 1. The second kappa shape index (κ2) is 8.68. The summed E-state index contributed by atoms with van der Waals surface area (Å²) in [5.74, 6) is 1.78. The lowest BCUT2D eigenvalue weighted by atomic mass is 9.85. The summed E-state index contributed by atoms with van der Waals surface area (Å²) in [4.78, 5) is 31.0. The van der Waals surface area contributed by atoms with Crippen LogP contribution in [0.4, 0.5) is 0 Å². The number of amides is 2. The van der Waals surface area contributed by atoms with Gasteiger partial charge in [-0.15, -0.1) is 0 Å². The van der Waals surface area contributed by atoms with Crippen LogP contribution in [0.2, 0.25) is 0 Å². The first-order chi connectivity index (χ1) is 14.2. The topological polar surface area (TPSA) is 83.0 Å². The Hall–Kier alpha value is -2.83. The second-order valence-corrected chi connectivity index (χ2v) is 7.77. The van der Waals surface area contributed by atoms with E-state index in [1.165, 1.54) is 4.90 Å². The van der Waals surface area contributed by atoms with Crippen LogP contribution in [0.3, 0.4) is 0 Å². The first-order valence-corrected chi connectivity index (χ1v) is 10.3. The first-order valence-electron chi connectivity index (χ1n) is 10.3. The number of nitrogens with one attached hydrogen (secondary N) is 2. The van der Waals surface area contributed by atoms with Gasteiger partial charge in [0.25, 0.3) is 0 Å². The van der Waals surface area contributed by atoms with Crippen LogP contribution in [0.1, 0.15) is 12.8 Å². The predicted octanol–water partition coefficient (Wildman–Crippen LogP) is 1.43. The molecule has 3 aliphatic rings. The third kappa shape index (κ3) is 3.99. The van der Waals surface area contributed by atoms with Crippen LogP contribution < -0.4 is 15.4 Å². The van der Waals surface area contributed by atoms with E-state index in [2.05, 4.69) is 27.8 Å². The molecule has 1 aromatic carbocycles. The lowest BCUT2D eigenvalue weighted by Gasteiger charge is -2.18. The third-order valence-corrected chi connectivity index (χ3v) is 6.04. The lowest BCUT2D eigenvalue weighted by Crippen LogP contribution is -2.44. The fraction of sp³-hybridized carbons (Fsp3) is 0.500. The van der Waals surface area contributed by atoms with Gasteiger partial charge in [-0.2, -0.15) is 0 Å². The highest BCUT2D eigenvalue weighted by atomic mass is 16.5. The quantitative estimate of drug-likeness (QED) is 0.228. The van der Waals surface area contributed by atoms with Crippen LogP contribution in [-0.4, -0.2) is 56.0 Å². The van der Waals surface area contributed by atoms with Gasteiger partial charge in [-0.05, 0) is 36.8 Å². The molecule has 0 spiro atoms. The minimum absolute atomic E-state index is 0.000317. The van der Waals surface area contributed by atoms with Gasteiger partial charge in [-0.1, -0.05) is 30.4 Å². The number of rotatable bonds is 8. The second-order valence-electron chi connectivity index (χ2n) is 7.77. The summed E-state index contributed by atoms with van der Waals surface area (Å²) in [7, 11) is 1.70. The Balaban J connectivity index is 1.15. The molecule has 2 N–H and O–H groups in total. The normalized spacial score (nSPS) is 27.5. The maximum atomic E-state index is 12.7. The van der Waals surface area contributed by atoms with E-state index in [0.29, 0.717) is 32.2 Å². The van der Waals surface area contributed by atoms with E-state index >= 15 is 0 Å². The summed E-state index contributed by atoms with van der Waals surface area (Å²) in [6, 6.07) is 9.73. The number of hydrogen-bond acceptors (Lipinski definition) is 4. The largest absolute Gasteiger partial charge is 0.494 e. The molecule has 7 nitrogen and oxygen atoms in total. The Morgan fingerprint density at radius 1 is 1.07 bits per heavy atom. The minimum atomic E-state index is -0.125. The molecule has 154 valence electrons. The number of likely N-dealkylation sites (tertiary alicyclic amines) is 1. The van der Waals surface area contributed by atoms with Crippen molar-refractivity contribution in [3.05, 3.63) is 42.5 Å². The van der Waals surface area contributed by atoms with Gasteiger partial charge in [0, 0.05) is 26.7 Å². The molecule has 7 heteroatoms. The van der Waals surface area contributed by atoms with Crippen molar-refractivity contribution in [1.29, 1.82) is 0 Å². The van der Waals surface area contributed by atoms with Gasteiger partial charge >= 0.3 is 0 Å². The van der Waals surface area contributed by atoms with Crippen LogP contribution in [0, 0.1) is 23.7 Å². The SMILES string of the molecule is CN=C(NCCCOc1ccccc1)NCCN1C(=O)C2C3C=CC(C3)C2C1=O. The highest BCUT2D eigenvalue weighted by Gasteiger charge is 2.58. The smallest absolute Gasteiger partial charge is 0.233 e. The number of ether oxygens (including phenoxy) is 1. The van der Waals surface area contributed by atoms with Gasteiger partial charge in [0.05, 0.1) is 18.4 Å². The number of para-hydroxylation sites is 1. The van der Waals surface area contributed by atoms with Crippen LogP contribution in [0.25, 0.3) is 0 Å². The number of benzene rings is 1. The Morgan fingerprint density at radius 2 is 1.72 bits per heavy atom. The highest BCUT2D eigenvalue weighted by molar-refractivity contribution is 6.06. The highest BCUT2D eigenvalue weighted by Crippen LogP contribution is 2.52. The molecular formula is C22H28N4O3. The van der Waals surface area contributed by atoms with Crippen molar-refractivity contribution in [1.82, 2.24) is 15.5 Å². The molecule has 0 radical (unpaired) electrons. The molecule has 1 aliphatic heterocycles. The molecule has 1 saturated heterocycles. The fourth-order valence-corrected chi connectivity index (χ4v) is 4.68. The molecule has 2 aliphatic carbocycles. The van der Waals surface area contributed by atoms with Crippen LogP contribution in [0.5, 0.6) is 5.75 Å². The van der Waals surface area contributed by atoms with E-state index in [-0.39, 0.29) is 35.5 Å². The first kappa shape index (κ1) is 19.5. The Labute approximate surface area is 171 Å². The van der Waals surface area contributed by atoms with Gasteiger partial charge in [0.2, 0.25) is 11.8 Å². The van der Waals surface area contributed by atoms with E-state index < -0.39 is 0 Å². The van der Waals surface area contributed by atoms with Crippen molar-refractivity contribution >= 4 is 17.8 Å². The molecule has 0 aromatic heterocycles. The molecule has 4 unspecified atom stereocenters. The lowest BCUT2D eigenvalue weighted by molar-refractivity contribution is -0.140. The fourth-order valence-electron chi connectivity index (χ4n) is 4.68. The van der Waals surface area contributed by atoms with Gasteiger partial charge in [0.15, 0.2) is 5.96 Å². The van der Waals surface area contributed by atoms with Gasteiger partial charge < -0.3 is 15.4 Å². The molecule has 29 heavy (non-hydrogen) atoms. The van der Waals surface area contributed by atoms with Gasteiger partial charge in [-0.25, -0.2) is 0 Å². The zero-order valence-electron chi connectivity index (χ0n) is 16.7. The van der Waals surface area contributed by atoms with E-state index in [1.54, 1.807) is 7.05 Å². The summed E-state index contributed by atoms with van der Waals surface area (Å²) < 4.78 is 5.67. The average Bonchev–Trinajstić information content (AvgIpc) is 3.42. The monoisotopic (exact) mass is 396 g/mol. The molecule has 1 aromatic rings. The number of fused-ring (bicyclic) bond motifs is 5. The molecule has 1 saturated carbocycles. The third-order valence-electron chi connectivity index (χ3n) is 6.04. The van der Waals surface area contributed by atoms with Crippen molar-refractivity contribution in [3.8, 4) is 5.75 Å². The number of imide groups is 1. The summed E-state index contributed by atoms with van der Waals surface area (Å²) in [5.41, 5.74) is 0. The summed E-state index contributed by atoms with van der Waals surface area (Å²) >= 11 is 0. The number of nitrogens with zero attached hydrogens (tertiary/aromatic N) is 2. The maximum absolute atomic E-state index is 12.7. The van der Waals surface area contributed by atoms with Gasteiger partial charge in [0.1, 0.15) is 5.75 Å². The van der Waals surface area contributed by atoms with Crippen molar-refractivity contribution in [2.24, 2.45) is 28.7 Å². The maximum Gasteiger partial charge on any atom is 0.233 e. The summed E-state index contributed by atoms with van der Waals surface area (Å²) in [6.07, 6.45) is 6.03. The number of guanidine groups is 1. The number of allylic oxidation sites excluding steroid dienone is 2. The van der Waals surface area contributed by atoms with Crippen molar-refractivity contribution < 1.29 is 14.3 Å². The van der Waals surface area contributed by atoms with E-state index in [9.17, 15) is 9.59 Å². The minimum Gasteiger partial charge on any atom is -0.494 e. The molecule has 2 amide bonds. The van der Waals surface area contributed by atoms with Gasteiger partial charge in [-0.3, -0.25) is 19.5 Å². The molecule has 2 bridgehead atoms. The molecule has 2 fully saturated rings. The standard InChI is InChI=1S/C22H28N4O3/c1-23-22(24-10-5-13-29-17-6-3-2-4-7-17)25-11-12-26-20(27)18-15-8-9-16(14-15)19(18)21(26)28/h2-4,6-9,15-16,18-19H,5,10-14H2,1H3,(H2,23,24,25). The Bertz CT molecular complexity index is 778. The van der Waals surface area contributed by atoms with Crippen molar-refractivity contribution in [3.63, 3.8) is 0 Å². The van der Waals surface area contributed by atoms with Crippen molar-refractivity contribution in [2.45, 2.75) is 12.8 Å². The van der Waals surface area contributed by atoms with Crippen LogP contribution >= 0.6 is 0 Å². The van der Waals surface area contributed by atoms with Crippen LogP contribution in [0.15, 0.2) is 47.5 Å².